The third-order valence-corrected chi connectivity index (χ3v) is 4.28. The fraction of sp³-hybridized carbons (Fsp3) is 0.263. The second-order valence-electron chi connectivity index (χ2n) is 5.90. The lowest BCUT2D eigenvalue weighted by molar-refractivity contribution is -0.116. The van der Waals surface area contributed by atoms with E-state index in [1.165, 1.54) is 0 Å². The number of aryl methyl sites for hydroxylation is 1. The SMILES string of the molecule is COc1cc(C(=O)Nc2ccc3c(c2)CCN3C(C)=O)ccc1C. The summed E-state index contributed by atoms with van der Waals surface area (Å²) in [4.78, 5) is 25.8. The van der Waals surface area contributed by atoms with E-state index in [0.717, 1.165) is 28.9 Å². The Kier molecular flexibility index (Phi) is 4.25. The molecule has 1 aliphatic heterocycles. The van der Waals surface area contributed by atoms with Gasteiger partial charge in [-0.05, 0) is 54.8 Å². The number of ether oxygens (including phenoxy) is 1. The van der Waals surface area contributed by atoms with Gasteiger partial charge >= 0.3 is 0 Å². The first-order valence-corrected chi connectivity index (χ1v) is 7.86. The lowest BCUT2D eigenvalue weighted by Crippen LogP contribution is -2.25. The molecular formula is C19H20N2O3. The zero-order chi connectivity index (χ0) is 17.3. The maximum atomic E-state index is 12.4. The predicted octanol–water partition coefficient (Wildman–Crippen LogP) is 3.16. The topological polar surface area (TPSA) is 58.6 Å². The van der Waals surface area contributed by atoms with Crippen molar-refractivity contribution in [2.75, 3.05) is 23.9 Å². The quantitative estimate of drug-likeness (QED) is 0.943. The number of carbonyl (C=O) groups is 2. The van der Waals surface area contributed by atoms with Gasteiger partial charge in [0.15, 0.2) is 0 Å². The number of anilines is 2. The van der Waals surface area contributed by atoms with E-state index in [2.05, 4.69) is 5.32 Å². The molecule has 0 saturated heterocycles. The standard InChI is InChI=1S/C19H20N2O3/c1-12-4-5-15(11-18(12)24-3)19(23)20-16-6-7-17-14(10-16)8-9-21(17)13(2)22/h4-7,10-11H,8-9H2,1-3H3,(H,20,23). The fourth-order valence-electron chi connectivity index (χ4n) is 2.97. The van der Waals surface area contributed by atoms with Crippen LogP contribution in [0.5, 0.6) is 5.75 Å². The molecule has 0 saturated carbocycles. The molecule has 2 amide bonds. The summed E-state index contributed by atoms with van der Waals surface area (Å²) in [5, 5.41) is 2.90. The van der Waals surface area contributed by atoms with Gasteiger partial charge in [0.2, 0.25) is 5.91 Å². The van der Waals surface area contributed by atoms with Gasteiger partial charge < -0.3 is 15.0 Å². The highest BCUT2D eigenvalue weighted by Gasteiger charge is 2.22. The summed E-state index contributed by atoms with van der Waals surface area (Å²) in [6.07, 6.45) is 0.803. The normalized spacial score (nSPS) is 12.7. The molecule has 0 atom stereocenters. The van der Waals surface area contributed by atoms with Crippen molar-refractivity contribution in [3.63, 3.8) is 0 Å². The number of fused-ring (bicyclic) bond motifs is 1. The molecule has 2 aromatic rings. The van der Waals surface area contributed by atoms with Crippen LogP contribution in [0.4, 0.5) is 11.4 Å². The number of methoxy groups -OCH3 is 1. The van der Waals surface area contributed by atoms with Gasteiger partial charge in [-0.25, -0.2) is 0 Å². The largest absolute Gasteiger partial charge is 0.496 e. The maximum Gasteiger partial charge on any atom is 0.255 e. The van der Waals surface area contributed by atoms with Crippen LogP contribution in [0, 0.1) is 6.92 Å². The summed E-state index contributed by atoms with van der Waals surface area (Å²) in [6.45, 7) is 4.19. The highest BCUT2D eigenvalue weighted by molar-refractivity contribution is 6.05. The summed E-state index contributed by atoms with van der Waals surface area (Å²) in [6, 6.07) is 11.0. The molecule has 5 nitrogen and oxygen atoms in total. The Morgan fingerprint density at radius 3 is 2.67 bits per heavy atom. The maximum absolute atomic E-state index is 12.4. The second-order valence-corrected chi connectivity index (χ2v) is 5.90. The van der Waals surface area contributed by atoms with Crippen molar-refractivity contribution >= 4 is 23.2 Å². The van der Waals surface area contributed by atoms with Crippen LogP contribution < -0.4 is 15.0 Å². The first-order valence-electron chi connectivity index (χ1n) is 7.86. The monoisotopic (exact) mass is 324 g/mol. The fourth-order valence-corrected chi connectivity index (χ4v) is 2.97. The average molecular weight is 324 g/mol. The molecule has 124 valence electrons. The van der Waals surface area contributed by atoms with Gasteiger partial charge in [-0.2, -0.15) is 0 Å². The minimum absolute atomic E-state index is 0.0392. The van der Waals surface area contributed by atoms with Gasteiger partial charge in [-0.3, -0.25) is 9.59 Å². The third-order valence-electron chi connectivity index (χ3n) is 4.28. The number of amides is 2. The number of hydrogen-bond acceptors (Lipinski definition) is 3. The van der Waals surface area contributed by atoms with E-state index in [0.29, 0.717) is 17.9 Å². The van der Waals surface area contributed by atoms with E-state index in [9.17, 15) is 9.59 Å². The molecule has 0 radical (unpaired) electrons. The molecule has 0 bridgehead atoms. The van der Waals surface area contributed by atoms with Gasteiger partial charge in [0.1, 0.15) is 5.75 Å². The smallest absolute Gasteiger partial charge is 0.255 e. The molecule has 0 fully saturated rings. The van der Waals surface area contributed by atoms with Gasteiger partial charge in [0.05, 0.1) is 7.11 Å². The van der Waals surface area contributed by atoms with Crippen molar-refractivity contribution < 1.29 is 14.3 Å². The van der Waals surface area contributed by atoms with E-state index in [1.807, 2.05) is 31.2 Å². The van der Waals surface area contributed by atoms with Crippen LogP contribution in [0.2, 0.25) is 0 Å². The highest BCUT2D eigenvalue weighted by Crippen LogP contribution is 2.30. The van der Waals surface area contributed by atoms with Crippen molar-refractivity contribution in [1.29, 1.82) is 0 Å². The molecule has 1 aliphatic rings. The number of nitrogens with one attached hydrogen (secondary N) is 1. The van der Waals surface area contributed by atoms with E-state index in [1.54, 1.807) is 31.1 Å². The molecule has 1 N–H and O–H groups in total. The Labute approximate surface area is 141 Å². The van der Waals surface area contributed by atoms with Crippen LogP contribution in [-0.2, 0) is 11.2 Å². The molecule has 24 heavy (non-hydrogen) atoms. The van der Waals surface area contributed by atoms with E-state index < -0.39 is 0 Å². The highest BCUT2D eigenvalue weighted by atomic mass is 16.5. The molecule has 0 aliphatic carbocycles. The van der Waals surface area contributed by atoms with Crippen LogP contribution in [0.25, 0.3) is 0 Å². The molecule has 1 heterocycles. The lowest BCUT2D eigenvalue weighted by atomic mass is 10.1. The number of hydrogen-bond donors (Lipinski definition) is 1. The number of carbonyl (C=O) groups excluding carboxylic acids is 2. The van der Waals surface area contributed by atoms with Gasteiger partial charge in [-0.1, -0.05) is 6.07 Å². The van der Waals surface area contributed by atoms with Gasteiger partial charge in [0.25, 0.3) is 5.91 Å². The summed E-state index contributed by atoms with van der Waals surface area (Å²) >= 11 is 0. The molecule has 5 heteroatoms. The first-order chi connectivity index (χ1) is 11.5. The molecule has 3 rings (SSSR count). The Hall–Kier alpha value is -2.82. The van der Waals surface area contributed by atoms with E-state index in [4.69, 9.17) is 4.74 Å². The van der Waals surface area contributed by atoms with Crippen molar-refractivity contribution in [3.8, 4) is 5.75 Å². The Morgan fingerprint density at radius 1 is 1.17 bits per heavy atom. The van der Waals surface area contributed by atoms with Crippen LogP contribution >= 0.6 is 0 Å². The van der Waals surface area contributed by atoms with Crippen molar-refractivity contribution in [1.82, 2.24) is 0 Å². The van der Waals surface area contributed by atoms with Crippen molar-refractivity contribution in [2.24, 2.45) is 0 Å². The van der Waals surface area contributed by atoms with Crippen LogP contribution in [0.15, 0.2) is 36.4 Å². The molecule has 0 spiro atoms. The van der Waals surface area contributed by atoms with Crippen LogP contribution in [0.3, 0.4) is 0 Å². The summed E-state index contributed by atoms with van der Waals surface area (Å²) in [5.74, 6) is 0.542. The third kappa shape index (κ3) is 2.97. The number of benzene rings is 2. The zero-order valence-electron chi connectivity index (χ0n) is 14.1. The molecule has 0 unspecified atom stereocenters. The summed E-state index contributed by atoms with van der Waals surface area (Å²) < 4.78 is 5.26. The molecule has 0 aromatic heterocycles. The Morgan fingerprint density at radius 2 is 1.96 bits per heavy atom. The summed E-state index contributed by atoms with van der Waals surface area (Å²) in [5.41, 5.74) is 4.25. The average Bonchev–Trinajstić information content (AvgIpc) is 2.98. The summed E-state index contributed by atoms with van der Waals surface area (Å²) in [7, 11) is 1.59. The van der Waals surface area contributed by atoms with Crippen LogP contribution in [0.1, 0.15) is 28.4 Å². The van der Waals surface area contributed by atoms with Crippen molar-refractivity contribution in [2.45, 2.75) is 20.3 Å². The molecule has 2 aromatic carbocycles. The zero-order valence-corrected chi connectivity index (χ0v) is 14.1. The van der Waals surface area contributed by atoms with E-state index in [-0.39, 0.29) is 11.8 Å². The predicted molar refractivity (Wildman–Crippen MR) is 93.9 cm³/mol. The van der Waals surface area contributed by atoms with Crippen LogP contribution in [-0.4, -0.2) is 25.5 Å². The van der Waals surface area contributed by atoms with E-state index >= 15 is 0 Å². The number of rotatable bonds is 3. The minimum atomic E-state index is -0.185. The van der Waals surface area contributed by atoms with Gasteiger partial charge in [-0.15, -0.1) is 0 Å². The number of nitrogens with zero attached hydrogens (tertiary/aromatic N) is 1. The second kappa shape index (κ2) is 6.35. The minimum Gasteiger partial charge on any atom is -0.496 e. The Balaban J connectivity index is 1.80. The lowest BCUT2D eigenvalue weighted by Gasteiger charge is -2.15. The molecular weight excluding hydrogens is 304 g/mol. The Bertz CT molecular complexity index is 814. The first kappa shape index (κ1) is 16.1. The van der Waals surface area contributed by atoms with Gasteiger partial charge in [0, 0.05) is 30.4 Å². The van der Waals surface area contributed by atoms with Crippen molar-refractivity contribution in [3.05, 3.63) is 53.1 Å².